The molecule has 0 spiro atoms. The van der Waals surface area contributed by atoms with Crippen LogP contribution in [0.4, 0.5) is 0 Å². The van der Waals surface area contributed by atoms with E-state index in [2.05, 4.69) is 6.07 Å². The first kappa shape index (κ1) is 24.3. The normalized spacial score (nSPS) is 12.6. The zero-order valence-corrected chi connectivity index (χ0v) is 21.0. The molecule has 0 aromatic heterocycles. The van der Waals surface area contributed by atoms with E-state index >= 15 is 0 Å². The maximum Gasteiger partial charge on any atom is 0.337 e. The van der Waals surface area contributed by atoms with Gasteiger partial charge in [-0.3, -0.25) is 0 Å². The number of rotatable bonds is 5. The molecular formula is C29H26Cl2O3. The van der Waals surface area contributed by atoms with Gasteiger partial charge in [-0.25, -0.2) is 4.79 Å². The van der Waals surface area contributed by atoms with Crippen LogP contribution in [0.25, 0.3) is 33.0 Å². The van der Waals surface area contributed by atoms with E-state index < -0.39 is 17.7 Å². The molecule has 4 aromatic rings. The van der Waals surface area contributed by atoms with Crippen LogP contribution in [0.5, 0.6) is 0 Å². The van der Waals surface area contributed by atoms with Gasteiger partial charge in [0, 0.05) is 15.6 Å². The molecule has 0 aliphatic carbocycles. The third-order valence-corrected chi connectivity index (χ3v) is 6.24. The minimum atomic E-state index is -1.17. The molecule has 5 heteroatoms. The maximum atomic E-state index is 12.6. The second kappa shape index (κ2) is 9.42. The van der Waals surface area contributed by atoms with Gasteiger partial charge in [0.1, 0.15) is 0 Å². The summed E-state index contributed by atoms with van der Waals surface area (Å²) in [7, 11) is 0. The van der Waals surface area contributed by atoms with E-state index in [9.17, 15) is 9.90 Å². The third kappa shape index (κ3) is 4.83. The van der Waals surface area contributed by atoms with Gasteiger partial charge in [-0.05, 0) is 90.6 Å². The standard InChI is InChI=1S/C29H26Cl2O3/c1-17-24(18-9-13-20(30)14-10-18)22-7-5-6-8-23(22)26(19-11-15-21(31)16-12-19)25(17)27(28(32)33)34-29(2,3)4/h5-16,27H,1-4H3,(H,32,33). The molecule has 3 nitrogen and oxygen atoms in total. The average molecular weight is 493 g/mol. The molecule has 0 saturated carbocycles. The zero-order chi connectivity index (χ0) is 24.6. The van der Waals surface area contributed by atoms with Crippen LogP contribution >= 0.6 is 23.2 Å². The maximum absolute atomic E-state index is 12.6. The van der Waals surface area contributed by atoms with Crippen LogP contribution in [-0.2, 0) is 9.53 Å². The minimum Gasteiger partial charge on any atom is -0.479 e. The summed E-state index contributed by atoms with van der Waals surface area (Å²) in [6.07, 6.45) is -1.17. The summed E-state index contributed by atoms with van der Waals surface area (Å²) in [6, 6.07) is 23.1. The minimum absolute atomic E-state index is 0.616. The molecule has 1 N–H and O–H groups in total. The lowest BCUT2D eigenvalue weighted by Gasteiger charge is -2.30. The van der Waals surface area contributed by atoms with Crippen molar-refractivity contribution in [2.45, 2.75) is 39.4 Å². The molecule has 0 amide bonds. The second-order valence-corrected chi connectivity index (χ2v) is 10.2. The van der Waals surface area contributed by atoms with Crippen molar-refractivity contribution < 1.29 is 14.6 Å². The molecule has 4 rings (SSSR count). The highest BCUT2D eigenvalue weighted by Crippen LogP contribution is 2.45. The highest BCUT2D eigenvalue weighted by molar-refractivity contribution is 6.31. The van der Waals surface area contributed by atoms with E-state index in [-0.39, 0.29) is 0 Å². The summed E-state index contributed by atoms with van der Waals surface area (Å²) in [5, 5.41) is 13.6. The van der Waals surface area contributed by atoms with Crippen molar-refractivity contribution in [1.29, 1.82) is 0 Å². The molecule has 1 atom stereocenters. The van der Waals surface area contributed by atoms with E-state index in [0.29, 0.717) is 15.6 Å². The smallest absolute Gasteiger partial charge is 0.337 e. The van der Waals surface area contributed by atoms with Gasteiger partial charge in [-0.2, -0.15) is 0 Å². The van der Waals surface area contributed by atoms with Gasteiger partial charge < -0.3 is 9.84 Å². The van der Waals surface area contributed by atoms with E-state index in [4.69, 9.17) is 27.9 Å². The van der Waals surface area contributed by atoms with E-state index in [1.54, 1.807) is 0 Å². The Morgan fingerprint density at radius 3 is 1.68 bits per heavy atom. The van der Waals surface area contributed by atoms with Crippen molar-refractivity contribution in [2.75, 3.05) is 0 Å². The number of carbonyl (C=O) groups is 1. The molecule has 0 saturated heterocycles. The largest absolute Gasteiger partial charge is 0.479 e. The molecular weight excluding hydrogens is 467 g/mol. The summed E-state index contributed by atoms with van der Waals surface area (Å²) in [5.41, 5.74) is 4.45. The third-order valence-electron chi connectivity index (χ3n) is 5.74. The molecule has 0 aliphatic heterocycles. The first-order valence-corrected chi connectivity index (χ1v) is 11.8. The van der Waals surface area contributed by atoms with Gasteiger partial charge in [0.05, 0.1) is 5.60 Å². The van der Waals surface area contributed by atoms with Gasteiger partial charge in [-0.1, -0.05) is 71.7 Å². The molecule has 0 radical (unpaired) electrons. The molecule has 174 valence electrons. The van der Waals surface area contributed by atoms with Crippen LogP contribution in [-0.4, -0.2) is 16.7 Å². The van der Waals surface area contributed by atoms with Crippen molar-refractivity contribution in [3.63, 3.8) is 0 Å². The van der Waals surface area contributed by atoms with Crippen molar-refractivity contribution in [2.24, 2.45) is 0 Å². The summed E-state index contributed by atoms with van der Waals surface area (Å²) in [4.78, 5) is 12.6. The lowest BCUT2D eigenvalue weighted by Crippen LogP contribution is -2.28. The Hall–Kier alpha value is -2.85. The predicted octanol–water partition coefficient (Wildman–Crippen LogP) is 8.73. The Morgan fingerprint density at radius 1 is 0.794 bits per heavy atom. The fourth-order valence-electron chi connectivity index (χ4n) is 4.42. The number of hydrogen-bond donors (Lipinski definition) is 1. The van der Waals surface area contributed by atoms with Gasteiger partial charge in [0.2, 0.25) is 0 Å². The molecule has 34 heavy (non-hydrogen) atoms. The average Bonchev–Trinajstić information content (AvgIpc) is 2.78. The SMILES string of the molecule is Cc1c(C(OC(C)(C)C)C(=O)O)c(-c2ccc(Cl)cc2)c2ccccc2c1-c1ccc(Cl)cc1. The summed E-state index contributed by atoms with van der Waals surface area (Å²) >= 11 is 12.3. The van der Waals surface area contributed by atoms with Gasteiger partial charge in [0.15, 0.2) is 6.10 Å². The van der Waals surface area contributed by atoms with Crippen LogP contribution in [0.3, 0.4) is 0 Å². The number of hydrogen-bond acceptors (Lipinski definition) is 2. The van der Waals surface area contributed by atoms with Gasteiger partial charge in [-0.15, -0.1) is 0 Å². The first-order chi connectivity index (χ1) is 16.1. The molecule has 1 unspecified atom stereocenters. The fraction of sp³-hybridized carbons (Fsp3) is 0.207. The molecule has 0 fully saturated rings. The molecule has 0 aliphatic rings. The monoisotopic (exact) mass is 492 g/mol. The van der Waals surface area contributed by atoms with Gasteiger partial charge in [0.25, 0.3) is 0 Å². The fourth-order valence-corrected chi connectivity index (χ4v) is 4.67. The topological polar surface area (TPSA) is 46.5 Å². The zero-order valence-electron chi connectivity index (χ0n) is 19.5. The van der Waals surface area contributed by atoms with Crippen LogP contribution in [0.15, 0.2) is 72.8 Å². The van der Waals surface area contributed by atoms with Crippen molar-refractivity contribution >= 4 is 39.9 Å². The summed E-state index contributed by atoms with van der Waals surface area (Å²) < 4.78 is 6.16. The van der Waals surface area contributed by atoms with Crippen molar-refractivity contribution in [3.8, 4) is 22.3 Å². The lowest BCUT2D eigenvalue weighted by molar-refractivity contribution is -0.160. The highest BCUT2D eigenvalue weighted by Gasteiger charge is 2.33. The number of carboxylic acid groups (broad SMARTS) is 1. The summed E-state index contributed by atoms with van der Waals surface area (Å²) in [6.45, 7) is 7.55. The van der Waals surface area contributed by atoms with Crippen LogP contribution in [0.2, 0.25) is 10.0 Å². The predicted molar refractivity (Wildman–Crippen MR) is 141 cm³/mol. The lowest BCUT2D eigenvalue weighted by atomic mass is 9.82. The quantitative estimate of drug-likeness (QED) is 0.302. The second-order valence-electron chi connectivity index (χ2n) is 9.30. The number of benzene rings is 4. The summed E-state index contributed by atoms with van der Waals surface area (Å²) in [5.74, 6) is -1.04. The van der Waals surface area contributed by atoms with Crippen LogP contribution < -0.4 is 0 Å². The Morgan fingerprint density at radius 2 is 1.24 bits per heavy atom. The molecule has 0 bridgehead atoms. The number of halogens is 2. The number of ether oxygens (including phenoxy) is 1. The Bertz CT molecular complexity index is 1350. The van der Waals surface area contributed by atoms with E-state index in [1.807, 2.05) is 94.4 Å². The van der Waals surface area contributed by atoms with Crippen LogP contribution in [0, 0.1) is 6.92 Å². The van der Waals surface area contributed by atoms with Gasteiger partial charge >= 0.3 is 5.97 Å². The van der Waals surface area contributed by atoms with Crippen molar-refractivity contribution in [1.82, 2.24) is 0 Å². The Kier molecular flexibility index (Phi) is 6.73. The van der Waals surface area contributed by atoms with E-state index in [0.717, 1.165) is 38.6 Å². The van der Waals surface area contributed by atoms with Crippen molar-refractivity contribution in [3.05, 3.63) is 94.0 Å². The Labute approximate surface area is 209 Å². The molecule has 0 heterocycles. The van der Waals surface area contributed by atoms with E-state index in [1.165, 1.54) is 0 Å². The molecule has 4 aromatic carbocycles. The van der Waals surface area contributed by atoms with Crippen LogP contribution in [0.1, 0.15) is 38.0 Å². The first-order valence-electron chi connectivity index (χ1n) is 11.0. The highest BCUT2D eigenvalue weighted by atomic mass is 35.5. The number of fused-ring (bicyclic) bond motifs is 1. The number of carboxylic acids is 1. The number of aliphatic carboxylic acids is 1. The Balaban J connectivity index is 2.17.